The molecule has 76 valence electrons. The Morgan fingerprint density at radius 2 is 1.31 bits per heavy atom. The zero-order chi connectivity index (χ0) is 10.9. The predicted octanol–water partition coefficient (Wildman–Crippen LogP) is 3.45. The van der Waals surface area contributed by atoms with Crippen LogP contribution >= 0.6 is 0 Å². The van der Waals surface area contributed by atoms with Crippen LogP contribution in [-0.4, -0.2) is 9.97 Å². The maximum absolute atomic E-state index is 4.21. The van der Waals surface area contributed by atoms with E-state index in [1.807, 2.05) is 48.5 Å². The minimum Gasteiger partial charge on any atom is -0.258 e. The lowest BCUT2D eigenvalue weighted by Gasteiger charge is -1.96. The molecule has 0 saturated heterocycles. The number of aromatic nitrogens is 2. The van der Waals surface area contributed by atoms with Crippen molar-refractivity contribution >= 4 is 0 Å². The van der Waals surface area contributed by atoms with Crippen molar-refractivity contribution < 1.29 is 0 Å². The van der Waals surface area contributed by atoms with E-state index >= 15 is 0 Å². The van der Waals surface area contributed by atoms with E-state index in [2.05, 4.69) is 9.97 Å². The first-order chi connectivity index (χ1) is 6.20. The SMILES string of the molecule is CC.CC.Cc1cnc(C)c(C)n1. The third kappa shape index (κ3) is 6.26. The third-order valence-electron chi connectivity index (χ3n) is 1.31. The van der Waals surface area contributed by atoms with Gasteiger partial charge in [0.2, 0.25) is 0 Å². The summed E-state index contributed by atoms with van der Waals surface area (Å²) in [6, 6.07) is 0. The van der Waals surface area contributed by atoms with Gasteiger partial charge in [0.15, 0.2) is 0 Å². The van der Waals surface area contributed by atoms with Gasteiger partial charge in [-0.1, -0.05) is 27.7 Å². The number of rotatable bonds is 0. The summed E-state index contributed by atoms with van der Waals surface area (Å²) in [5.74, 6) is 0. The molecule has 2 nitrogen and oxygen atoms in total. The quantitative estimate of drug-likeness (QED) is 0.614. The van der Waals surface area contributed by atoms with E-state index in [0.29, 0.717) is 0 Å². The van der Waals surface area contributed by atoms with E-state index in [4.69, 9.17) is 0 Å². The van der Waals surface area contributed by atoms with Gasteiger partial charge in [0, 0.05) is 6.20 Å². The molecule has 0 amide bonds. The second kappa shape index (κ2) is 9.17. The Morgan fingerprint density at radius 3 is 1.62 bits per heavy atom. The normalized spacial score (nSPS) is 7.62. The van der Waals surface area contributed by atoms with Gasteiger partial charge in [0.1, 0.15) is 0 Å². The fourth-order valence-corrected chi connectivity index (χ4v) is 0.658. The van der Waals surface area contributed by atoms with Gasteiger partial charge in [-0.3, -0.25) is 9.97 Å². The first-order valence-corrected chi connectivity index (χ1v) is 4.97. The molecular formula is C11H22N2. The summed E-state index contributed by atoms with van der Waals surface area (Å²) in [6.45, 7) is 13.9. The Hall–Kier alpha value is -0.920. The Balaban J connectivity index is 0. The molecule has 2 heteroatoms. The zero-order valence-electron chi connectivity index (χ0n) is 9.97. The smallest absolute Gasteiger partial charge is 0.0588 e. The lowest BCUT2D eigenvalue weighted by atomic mass is 10.3. The molecule has 0 aliphatic carbocycles. The standard InChI is InChI=1S/C7H10N2.2C2H6/c1-5-4-8-6(2)7(3)9-5;2*1-2/h4H,1-3H3;2*1-2H3. The highest BCUT2D eigenvalue weighted by molar-refractivity contribution is 5.09. The molecule has 1 rings (SSSR count). The van der Waals surface area contributed by atoms with Crippen molar-refractivity contribution in [2.24, 2.45) is 0 Å². The summed E-state index contributed by atoms with van der Waals surface area (Å²) in [6.07, 6.45) is 1.78. The molecule has 1 aromatic heterocycles. The molecule has 1 heterocycles. The van der Waals surface area contributed by atoms with Crippen molar-refractivity contribution in [3.05, 3.63) is 23.3 Å². The lowest BCUT2D eigenvalue weighted by molar-refractivity contribution is 1.00. The molecule has 0 fully saturated rings. The van der Waals surface area contributed by atoms with Gasteiger partial charge < -0.3 is 0 Å². The molecule has 1 aromatic rings. The average molecular weight is 182 g/mol. The van der Waals surface area contributed by atoms with Crippen molar-refractivity contribution in [2.75, 3.05) is 0 Å². The summed E-state index contributed by atoms with van der Waals surface area (Å²) < 4.78 is 0. The van der Waals surface area contributed by atoms with Crippen molar-refractivity contribution in [1.29, 1.82) is 0 Å². The topological polar surface area (TPSA) is 25.8 Å². The molecule has 0 bridgehead atoms. The number of hydrogen-bond donors (Lipinski definition) is 0. The van der Waals surface area contributed by atoms with Gasteiger partial charge in [-0.15, -0.1) is 0 Å². The average Bonchev–Trinajstić information content (AvgIpc) is 2.18. The molecule has 0 radical (unpaired) electrons. The van der Waals surface area contributed by atoms with Crippen molar-refractivity contribution in [3.63, 3.8) is 0 Å². The summed E-state index contributed by atoms with van der Waals surface area (Å²) in [5.41, 5.74) is 3.02. The first-order valence-electron chi connectivity index (χ1n) is 4.97. The van der Waals surface area contributed by atoms with Crippen LogP contribution in [0.15, 0.2) is 6.20 Å². The highest BCUT2D eigenvalue weighted by Gasteiger charge is 1.92. The Morgan fingerprint density at radius 1 is 0.846 bits per heavy atom. The van der Waals surface area contributed by atoms with Crippen molar-refractivity contribution in [1.82, 2.24) is 9.97 Å². The van der Waals surface area contributed by atoms with Crippen molar-refractivity contribution in [3.8, 4) is 0 Å². The van der Waals surface area contributed by atoms with E-state index in [0.717, 1.165) is 17.1 Å². The molecule has 0 atom stereocenters. The fourth-order valence-electron chi connectivity index (χ4n) is 0.658. The van der Waals surface area contributed by atoms with Crippen LogP contribution in [0.2, 0.25) is 0 Å². The van der Waals surface area contributed by atoms with Crippen LogP contribution in [0.3, 0.4) is 0 Å². The Bertz CT molecular complexity index is 219. The maximum atomic E-state index is 4.21. The van der Waals surface area contributed by atoms with Gasteiger partial charge >= 0.3 is 0 Å². The minimum absolute atomic E-state index is 0.984. The second-order valence-electron chi connectivity index (χ2n) is 2.18. The predicted molar refractivity (Wildman–Crippen MR) is 58.9 cm³/mol. The summed E-state index contributed by atoms with van der Waals surface area (Å²) in [4.78, 5) is 8.33. The molecule has 13 heavy (non-hydrogen) atoms. The summed E-state index contributed by atoms with van der Waals surface area (Å²) in [7, 11) is 0. The van der Waals surface area contributed by atoms with Crippen LogP contribution in [-0.2, 0) is 0 Å². The first kappa shape index (κ1) is 14.6. The van der Waals surface area contributed by atoms with Crippen LogP contribution in [0.25, 0.3) is 0 Å². The number of hydrogen-bond acceptors (Lipinski definition) is 2. The maximum Gasteiger partial charge on any atom is 0.0588 e. The molecule has 0 aliphatic rings. The van der Waals surface area contributed by atoms with Gasteiger partial charge in [0.05, 0.1) is 17.1 Å². The Kier molecular flexibility index (Phi) is 10.3. The summed E-state index contributed by atoms with van der Waals surface area (Å²) >= 11 is 0. The highest BCUT2D eigenvalue weighted by atomic mass is 14.8. The third-order valence-corrected chi connectivity index (χ3v) is 1.31. The van der Waals surface area contributed by atoms with Crippen LogP contribution in [0.4, 0.5) is 0 Å². The van der Waals surface area contributed by atoms with Crippen LogP contribution in [0, 0.1) is 20.8 Å². The van der Waals surface area contributed by atoms with E-state index < -0.39 is 0 Å². The van der Waals surface area contributed by atoms with E-state index in [1.54, 1.807) is 6.20 Å². The molecule has 0 spiro atoms. The second-order valence-corrected chi connectivity index (χ2v) is 2.18. The van der Waals surface area contributed by atoms with E-state index in [1.165, 1.54) is 0 Å². The van der Waals surface area contributed by atoms with Gasteiger partial charge in [-0.2, -0.15) is 0 Å². The number of aryl methyl sites for hydroxylation is 3. The zero-order valence-corrected chi connectivity index (χ0v) is 9.97. The largest absolute Gasteiger partial charge is 0.258 e. The van der Waals surface area contributed by atoms with Crippen LogP contribution in [0.1, 0.15) is 44.8 Å². The molecule has 0 aliphatic heterocycles. The molecule has 0 unspecified atom stereocenters. The lowest BCUT2D eigenvalue weighted by Crippen LogP contribution is -1.92. The molecule has 0 N–H and O–H groups in total. The molecule has 0 saturated carbocycles. The monoisotopic (exact) mass is 182 g/mol. The van der Waals surface area contributed by atoms with E-state index in [-0.39, 0.29) is 0 Å². The van der Waals surface area contributed by atoms with Crippen LogP contribution < -0.4 is 0 Å². The summed E-state index contributed by atoms with van der Waals surface area (Å²) in [5, 5.41) is 0. The van der Waals surface area contributed by atoms with E-state index in [9.17, 15) is 0 Å². The van der Waals surface area contributed by atoms with Crippen LogP contribution in [0.5, 0.6) is 0 Å². The number of nitrogens with zero attached hydrogens (tertiary/aromatic N) is 2. The van der Waals surface area contributed by atoms with Gasteiger partial charge in [0.25, 0.3) is 0 Å². The molecular weight excluding hydrogens is 160 g/mol. The minimum atomic E-state index is 0.984. The highest BCUT2D eigenvalue weighted by Crippen LogP contribution is 1.98. The van der Waals surface area contributed by atoms with Gasteiger partial charge in [-0.05, 0) is 20.8 Å². The Labute approximate surface area is 82.4 Å². The fraction of sp³-hybridized carbons (Fsp3) is 0.636. The molecule has 0 aromatic carbocycles. The van der Waals surface area contributed by atoms with Crippen molar-refractivity contribution in [2.45, 2.75) is 48.5 Å². The van der Waals surface area contributed by atoms with Gasteiger partial charge in [-0.25, -0.2) is 0 Å².